The van der Waals surface area contributed by atoms with Crippen LogP contribution < -0.4 is 16.0 Å². The lowest BCUT2D eigenvalue weighted by Crippen LogP contribution is -2.20. The van der Waals surface area contributed by atoms with Gasteiger partial charge < -0.3 is 16.0 Å². The number of aryl methyl sites for hydroxylation is 1. The summed E-state index contributed by atoms with van der Waals surface area (Å²) < 4.78 is 40.5. The molecule has 0 atom stereocenters. The Kier molecular flexibility index (Phi) is 6.50. The quantitative estimate of drug-likeness (QED) is 0.480. The average molecular weight is 452 g/mol. The molecule has 3 aromatic rings. The summed E-state index contributed by atoms with van der Waals surface area (Å²) in [4.78, 5) is 24.6. The largest absolute Gasteiger partial charge is 0.417 e. The standard InChI is InChI=1S/C20H17ClF3N5O2/c1-2-29-11-15(10-25-29)26-18(30)12-4-3-5-13(8-12)27-19(31)28-14-6-7-17(21)16(9-14)20(22,23)24/h3-11H,2H2,1H3,(H,26,30)(H2,27,28,31). The Morgan fingerprint density at radius 2 is 1.74 bits per heavy atom. The minimum atomic E-state index is -4.65. The van der Waals surface area contributed by atoms with Crippen molar-refractivity contribution < 1.29 is 22.8 Å². The van der Waals surface area contributed by atoms with E-state index in [0.29, 0.717) is 12.2 Å². The van der Waals surface area contributed by atoms with Crippen molar-refractivity contribution in [2.75, 3.05) is 16.0 Å². The first-order chi connectivity index (χ1) is 14.7. The maximum atomic E-state index is 13.0. The average Bonchev–Trinajstić information content (AvgIpc) is 3.16. The number of benzene rings is 2. The number of rotatable bonds is 5. The van der Waals surface area contributed by atoms with E-state index < -0.39 is 28.7 Å². The number of aromatic nitrogens is 2. The van der Waals surface area contributed by atoms with E-state index in [-0.39, 0.29) is 16.9 Å². The van der Waals surface area contributed by atoms with Crippen LogP contribution in [0.15, 0.2) is 54.9 Å². The molecule has 7 nitrogen and oxygen atoms in total. The highest BCUT2D eigenvalue weighted by molar-refractivity contribution is 6.31. The summed E-state index contributed by atoms with van der Waals surface area (Å²) in [6.45, 7) is 2.56. The van der Waals surface area contributed by atoms with Gasteiger partial charge in [0.2, 0.25) is 0 Å². The summed E-state index contributed by atoms with van der Waals surface area (Å²) in [7, 11) is 0. The highest BCUT2D eigenvalue weighted by atomic mass is 35.5. The van der Waals surface area contributed by atoms with Crippen molar-refractivity contribution in [2.45, 2.75) is 19.6 Å². The van der Waals surface area contributed by atoms with Gasteiger partial charge in [-0.1, -0.05) is 17.7 Å². The number of halogens is 4. The molecule has 0 unspecified atom stereocenters. The molecule has 162 valence electrons. The second-order valence-electron chi connectivity index (χ2n) is 6.39. The third-order valence-electron chi connectivity index (χ3n) is 4.13. The summed E-state index contributed by atoms with van der Waals surface area (Å²) in [6, 6.07) is 8.33. The van der Waals surface area contributed by atoms with Gasteiger partial charge in [-0.3, -0.25) is 9.48 Å². The molecule has 2 aromatic carbocycles. The van der Waals surface area contributed by atoms with Gasteiger partial charge in [0.1, 0.15) is 0 Å². The van der Waals surface area contributed by atoms with Gasteiger partial charge in [0.25, 0.3) is 5.91 Å². The molecule has 0 fully saturated rings. The zero-order valence-corrected chi connectivity index (χ0v) is 16.9. The zero-order chi connectivity index (χ0) is 22.6. The number of amides is 3. The van der Waals surface area contributed by atoms with Crippen LogP contribution in [-0.4, -0.2) is 21.7 Å². The van der Waals surface area contributed by atoms with E-state index in [9.17, 15) is 22.8 Å². The molecule has 0 radical (unpaired) electrons. The van der Waals surface area contributed by atoms with Crippen molar-refractivity contribution >= 4 is 40.6 Å². The predicted molar refractivity (Wildman–Crippen MR) is 111 cm³/mol. The normalized spacial score (nSPS) is 11.1. The number of carbonyl (C=O) groups excluding carboxylic acids is 2. The van der Waals surface area contributed by atoms with Gasteiger partial charge in [0.05, 0.1) is 22.5 Å². The Hall–Kier alpha value is -3.53. The SMILES string of the molecule is CCn1cc(NC(=O)c2cccc(NC(=O)Nc3ccc(Cl)c(C(F)(F)F)c3)c2)cn1. The molecule has 0 aliphatic rings. The number of hydrogen-bond acceptors (Lipinski definition) is 3. The Morgan fingerprint density at radius 3 is 2.39 bits per heavy atom. The minimum Gasteiger partial charge on any atom is -0.319 e. The molecule has 31 heavy (non-hydrogen) atoms. The van der Waals surface area contributed by atoms with Crippen LogP contribution in [0.3, 0.4) is 0 Å². The van der Waals surface area contributed by atoms with Crippen LogP contribution in [-0.2, 0) is 12.7 Å². The molecule has 0 saturated heterocycles. The van der Waals surface area contributed by atoms with Gasteiger partial charge in [0, 0.05) is 29.7 Å². The number of hydrogen-bond donors (Lipinski definition) is 3. The van der Waals surface area contributed by atoms with Crippen molar-refractivity contribution in [3.63, 3.8) is 0 Å². The van der Waals surface area contributed by atoms with E-state index in [2.05, 4.69) is 21.0 Å². The monoisotopic (exact) mass is 451 g/mol. The number of alkyl halides is 3. The molecule has 1 heterocycles. The van der Waals surface area contributed by atoms with Crippen molar-refractivity contribution in [2.24, 2.45) is 0 Å². The molecule has 0 aliphatic heterocycles. The topological polar surface area (TPSA) is 88.0 Å². The first-order valence-electron chi connectivity index (χ1n) is 9.04. The van der Waals surface area contributed by atoms with Crippen molar-refractivity contribution in [3.05, 3.63) is 71.0 Å². The molecule has 3 rings (SSSR count). The Labute approximate surface area is 180 Å². The van der Waals surface area contributed by atoms with Crippen LogP contribution in [0, 0.1) is 0 Å². The first kappa shape index (κ1) is 22.2. The summed E-state index contributed by atoms with van der Waals surface area (Å²) in [5.74, 6) is -0.410. The number of anilines is 3. The summed E-state index contributed by atoms with van der Waals surface area (Å²) >= 11 is 5.57. The summed E-state index contributed by atoms with van der Waals surface area (Å²) in [5, 5.41) is 11.1. The lowest BCUT2D eigenvalue weighted by Gasteiger charge is -2.12. The van der Waals surface area contributed by atoms with Crippen LogP contribution in [0.4, 0.5) is 35.0 Å². The highest BCUT2D eigenvalue weighted by Gasteiger charge is 2.33. The third-order valence-corrected chi connectivity index (χ3v) is 4.46. The minimum absolute atomic E-state index is 0.0870. The number of nitrogens with one attached hydrogen (secondary N) is 3. The number of carbonyl (C=O) groups is 2. The smallest absolute Gasteiger partial charge is 0.319 e. The van der Waals surface area contributed by atoms with Crippen molar-refractivity contribution in [1.29, 1.82) is 0 Å². The van der Waals surface area contributed by atoms with E-state index in [1.54, 1.807) is 23.0 Å². The summed E-state index contributed by atoms with van der Waals surface area (Å²) in [6.07, 6.45) is -1.46. The van der Waals surface area contributed by atoms with E-state index in [1.807, 2.05) is 6.92 Å². The summed E-state index contributed by atoms with van der Waals surface area (Å²) in [5.41, 5.74) is -0.0773. The fourth-order valence-electron chi connectivity index (χ4n) is 2.66. The lowest BCUT2D eigenvalue weighted by atomic mass is 10.2. The second-order valence-corrected chi connectivity index (χ2v) is 6.80. The van der Waals surface area contributed by atoms with Crippen molar-refractivity contribution in [3.8, 4) is 0 Å². The Balaban J connectivity index is 1.66. The van der Waals surface area contributed by atoms with E-state index in [4.69, 9.17) is 11.6 Å². The Morgan fingerprint density at radius 1 is 1.03 bits per heavy atom. The van der Waals surface area contributed by atoms with E-state index in [1.165, 1.54) is 24.4 Å². The molecule has 0 spiro atoms. The van der Waals surface area contributed by atoms with E-state index >= 15 is 0 Å². The molecule has 0 saturated carbocycles. The molecule has 0 bridgehead atoms. The van der Waals surface area contributed by atoms with Crippen LogP contribution in [0.2, 0.25) is 5.02 Å². The maximum absolute atomic E-state index is 13.0. The lowest BCUT2D eigenvalue weighted by molar-refractivity contribution is -0.137. The van der Waals surface area contributed by atoms with Crippen LogP contribution in [0.25, 0.3) is 0 Å². The van der Waals surface area contributed by atoms with Crippen molar-refractivity contribution in [1.82, 2.24) is 9.78 Å². The third kappa shape index (κ3) is 5.76. The molecular weight excluding hydrogens is 435 g/mol. The molecule has 1 aromatic heterocycles. The van der Waals surface area contributed by atoms with Gasteiger partial charge >= 0.3 is 12.2 Å². The number of urea groups is 1. The van der Waals surface area contributed by atoms with Gasteiger partial charge in [-0.05, 0) is 43.3 Å². The molecular formula is C20H17ClF3N5O2. The molecule has 0 aliphatic carbocycles. The van der Waals surface area contributed by atoms with E-state index in [0.717, 1.165) is 12.1 Å². The predicted octanol–water partition coefficient (Wildman–Crippen LogP) is 5.47. The highest BCUT2D eigenvalue weighted by Crippen LogP contribution is 2.36. The van der Waals surface area contributed by atoms with Crippen LogP contribution in [0.5, 0.6) is 0 Å². The van der Waals surface area contributed by atoms with Crippen LogP contribution in [0.1, 0.15) is 22.8 Å². The second kappa shape index (κ2) is 9.09. The van der Waals surface area contributed by atoms with Gasteiger partial charge in [-0.2, -0.15) is 18.3 Å². The Bertz CT molecular complexity index is 1110. The zero-order valence-electron chi connectivity index (χ0n) is 16.1. The maximum Gasteiger partial charge on any atom is 0.417 e. The van der Waals surface area contributed by atoms with Crippen LogP contribution >= 0.6 is 11.6 Å². The van der Waals surface area contributed by atoms with Gasteiger partial charge in [-0.25, -0.2) is 4.79 Å². The fraction of sp³-hybridized carbons (Fsp3) is 0.150. The fourth-order valence-corrected chi connectivity index (χ4v) is 2.88. The van der Waals surface area contributed by atoms with Gasteiger partial charge in [0.15, 0.2) is 0 Å². The molecule has 3 N–H and O–H groups in total. The van der Waals surface area contributed by atoms with Gasteiger partial charge in [-0.15, -0.1) is 0 Å². The molecule has 11 heteroatoms. The first-order valence-corrected chi connectivity index (χ1v) is 9.42. The molecule has 3 amide bonds. The number of nitrogens with zero attached hydrogens (tertiary/aromatic N) is 2.